The Morgan fingerprint density at radius 2 is 1.76 bits per heavy atom. The van der Waals surface area contributed by atoms with Gasteiger partial charge in [-0.3, -0.25) is 0 Å². The van der Waals surface area contributed by atoms with Gasteiger partial charge in [0.15, 0.2) is 11.5 Å². The second kappa shape index (κ2) is 4.60. The van der Waals surface area contributed by atoms with Gasteiger partial charge in [-0.2, -0.15) is 0 Å². The van der Waals surface area contributed by atoms with Crippen LogP contribution in [0.1, 0.15) is 28.7 Å². The van der Waals surface area contributed by atoms with Crippen molar-refractivity contribution in [2.75, 3.05) is 6.79 Å². The van der Waals surface area contributed by atoms with E-state index in [9.17, 15) is 9.50 Å². The predicted molar refractivity (Wildman–Crippen MR) is 75.7 cm³/mol. The summed E-state index contributed by atoms with van der Waals surface area (Å²) >= 11 is 0. The molecule has 0 saturated heterocycles. The molecule has 4 heteroatoms. The van der Waals surface area contributed by atoms with Crippen molar-refractivity contribution in [3.8, 4) is 11.5 Å². The van der Waals surface area contributed by atoms with Gasteiger partial charge in [-0.05, 0) is 41.0 Å². The van der Waals surface area contributed by atoms with Gasteiger partial charge in [0.1, 0.15) is 5.82 Å². The first-order valence-corrected chi connectivity index (χ1v) is 6.77. The number of hydrogen-bond acceptors (Lipinski definition) is 3. The molecule has 0 fully saturated rings. The van der Waals surface area contributed by atoms with Gasteiger partial charge in [-0.25, -0.2) is 4.39 Å². The zero-order valence-electron chi connectivity index (χ0n) is 11.1. The summed E-state index contributed by atoms with van der Waals surface area (Å²) in [5.41, 5.74) is 2.60. The fraction of sp³-hybridized carbons (Fsp3) is 0.176. The van der Waals surface area contributed by atoms with Crippen LogP contribution >= 0.6 is 0 Å². The molecule has 1 aliphatic heterocycles. The number of hydrogen-bond donors (Lipinski definition) is 1. The van der Waals surface area contributed by atoms with E-state index in [-0.39, 0.29) is 18.5 Å². The highest BCUT2D eigenvalue weighted by atomic mass is 19.1. The van der Waals surface area contributed by atoms with Crippen LogP contribution < -0.4 is 9.47 Å². The Labute approximate surface area is 121 Å². The van der Waals surface area contributed by atoms with Gasteiger partial charge < -0.3 is 14.6 Å². The monoisotopic (exact) mass is 284 g/mol. The fourth-order valence-electron chi connectivity index (χ4n) is 2.86. The van der Waals surface area contributed by atoms with Gasteiger partial charge in [0.2, 0.25) is 6.79 Å². The molecule has 4 rings (SSSR count). The molecule has 0 bridgehead atoms. The van der Waals surface area contributed by atoms with Crippen molar-refractivity contribution in [1.29, 1.82) is 0 Å². The highest BCUT2D eigenvalue weighted by Crippen LogP contribution is 2.44. The van der Waals surface area contributed by atoms with E-state index in [2.05, 4.69) is 0 Å². The maximum absolute atomic E-state index is 13.0. The van der Waals surface area contributed by atoms with Gasteiger partial charge in [-0.1, -0.05) is 24.3 Å². The number of halogens is 1. The Bertz CT molecular complexity index is 722. The minimum absolute atomic E-state index is 0.196. The standard InChI is InChI=1S/C17H13FO3/c18-12-4-1-10(2-5-12)13-6-3-11-7-15-16(21-9-20-15)8-14(11)17(13)19/h1-8,13,17,19H,9H2/t13-,17-/m0/s1. The van der Waals surface area contributed by atoms with Gasteiger partial charge in [-0.15, -0.1) is 0 Å². The number of aliphatic hydroxyl groups excluding tert-OH is 1. The first-order chi connectivity index (χ1) is 10.2. The third kappa shape index (κ3) is 1.99. The van der Waals surface area contributed by atoms with E-state index in [0.29, 0.717) is 11.5 Å². The number of fused-ring (bicyclic) bond motifs is 2. The second-order valence-corrected chi connectivity index (χ2v) is 5.22. The maximum Gasteiger partial charge on any atom is 0.231 e. The minimum Gasteiger partial charge on any atom is -0.454 e. The molecule has 106 valence electrons. The lowest BCUT2D eigenvalue weighted by Crippen LogP contribution is -2.13. The van der Waals surface area contributed by atoms with Crippen molar-refractivity contribution in [3.05, 3.63) is 65.0 Å². The molecule has 1 aliphatic carbocycles. The van der Waals surface area contributed by atoms with E-state index in [1.54, 1.807) is 12.1 Å². The van der Waals surface area contributed by atoms with E-state index in [1.807, 2.05) is 24.3 Å². The van der Waals surface area contributed by atoms with Crippen molar-refractivity contribution < 1.29 is 19.0 Å². The lowest BCUT2D eigenvalue weighted by atomic mass is 9.82. The molecule has 0 aromatic heterocycles. The summed E-state index contributed by atoms with van der Waals surface area (Å²) in [4.78, 5) is 0. The summed E-state index contributed by atoms with van der Waals surface area (Å²) < 4.78 is 23.7. The SMILES string of the molecule is O[C@@H]1c2cc3c(cc2C=C[C@H]1c1ccc(F)cc1)OCO3. The molecule has 1 heterocycles. The smallest absolute Gasteiger partial charge is 0.231 e. The van der Waals surface area contributed by atoms with E-state index >= 15 is 0 Å². The highest BCUT2D eigenvalue weighted by Gasteiger charge is 2.28. The fourth-order valence-corrected chi connectivity index (χ4v) is 2.86. The Balaban J connectivity index is 1.75. The molecule has 2 atom stereocenters. The largest absolute Gasteiger partial charge is 0.454 e. The van der Waals surface area contributed by atoms with Crippen molar-refractivity contribution in [3.63, 3.8) is 0 Å². The van der Waals surface area contributed by atoms with Gasteiger partial charge in [0, 0.05) is 5.92 Å². The molecule has 0 spiro atoms. The zero-order valence-corrected chi connectivity index (χ0v) is 11.1. The van der Waals surface area contributed by atoms with Crippen LogP contribution in [-0.2, 0) is 0 Å². The van der Waals surface area contributed by atoms with Crippen LogP contribution in [0, 0.1) is 5.82 Å². The van der Waals surface area contributed by atoms with Crippen LogP contribution in [0.15, 0.2) is 42.5 Å². The summed E-state index contributed by atoms with van der Waals surface area (Å²) in [7, 11) is 0. The third-order valence-electron chi connectivity index (χ3n) is 3.98. The van der Waals surface area contributed by atoms with Crippen LogP contribution in [-0.4, -0.2) is 11.9 Å². The molecular weight excluding hydrogens is 271 g/mol. The molecular formula is C17H13FO3. The lowest BCUT2D eigenvalue weighted by molar-refractivity contribution is 0.159. The minimum atomic E-state index is -0.690. The zero-order chi connectivity index (χ0) is 14.4. The summed E-state index contributed by atoms with van der Waals surface area (Å²) in [5, 5.41) is 10.6. The quantitative estimate of drug-likeness (QED) is 0.872. The van der Waals surface area contributed by atoms with Crippen LogP contribution in [0.4, 0.5) is 4.39 Å². The summed E-state index contributed by atoms with van der Waals surface area (Å²) in [6.07, 6.45) is 3.20. The lowest BCUT2D eigenvalue weighted by Gasteiger charge is -2.26. The molecule has 2 aromatic carbocycles. The molecule has 3 nitrogen and oxygen atoms in total. The van der Waals surface area contributed by atoms with Gasteiger partial charge in [0.05, 0.1) is 6.10 Å². The van der Waals surface area contributed by atoms with Crippen LogP contribution in [0.5, 0.6) is 11.5 Å². The Kier molecular flexibility index (Phi) is 2.72. The van der Waals surface area contributed by atoms with E-state index < -0.39 is 6.10 Å². The number of ether oxygens (including phenoxy) is 2. The predicted octanol–water partition coefficient (Wildman–Crippen LogP) is 3.40. The van der Waals surface area contributed by atoms with Crippen LogP contribution in [0.3, 0.4) is 0 Å². The van der Waals surface area contributed by atoms with Crippen molar-refractivity contribution in [2.45, 2.75) is 12.0 Å². The molecule has 0 unspecified atom stereocenters. The Hall–Kier alpha value is -2.33. The Morgan fingerprint density at radius 3 is 2.52 bits per heavy atom. The second-order valence-electron chi connectivity index (χ2n) is 5.22. The summed E-state index contributed by atoms with van der Waals surface area (Å²) in [5.74, 6) is 0.877. The van der Waals surface area contributed by atoms with E-state index in [0.717, 1.165) is 16.7 Å². The van der Waals surface area contributed by atoms with Crippen LogP contribution in [0.2, 0.25) is 0 Å². The number of rotatable bonds is 1. The first-order valence-electron chi connectivity index (χ1n) is 6.77. The normalized spacial score (nSPS) is 22.2. The highest BCUT2D eigenvalue weighted by molar-refractivity contribution is 5.65. The molecule has 21 heavy (non-hydrogen) atoms. The summed E-state index contributed by atoms with van der Waals surface area (Å²) in [6.45, 7) is 0.208. The first kappa shape index (κ1) is 12.4. The number of benzene rings is 2. The summed E-state index contributed by atoms with van der Waals surface area (Å²) in [6, 6.07) is 9.91. The van der Waals surface area contributed by atoms with E-state index in [4.69, 9.17) is 9.47 Å². The third-order valence-corrected chi connectivity index (χ3v) is 3.98. The average Bonchev–Trinajstić information content (AvgIpc) is 2.94. The number of aliphatic hydroxyl groups is 1. The van der Waals surface area contributed by atoms with Crippen molar-refractivity contribution in [1.82, 2.24) is 0 Å². The molecule has 0 saturated carbocycles. The topological polar surface area (TPSA) is 38.7 Å². The Morgan fingerprint density at radius 1 is 1.05 bits per heavy atom. The molecule has 0 amide bonds. The van der Waals surface area contributed by atoms with Crippen molar-refractivity contribution >= 4 is 6.08 Å². The van der Waals surface area contributed by atoms with Gasteiger partial charge >= 0.3 is 0 Å². The van der Waals surface area contributed by atoms with Gasteiger partial charge in [0.25, 0.3) is 0 Å². The average molecular weight is 284 g/mol. The van der Waals surface area contributed by atoms with Crippen molar-refractivity contribution in [2.24, 2.45) is 0 Å². The molecule has 2 aromatic rings. The maximum atomic E-state index is 13.0. The van der Waals surface area contributed by atoms with E-state index in [1.165, 1.54) is 12.1 Å². The molecule has 1 N–H and O–H groups in total. The molecule has 0 radical (unpaired) electrons. The van der Waals surface area contributed by atoms with Crippen LogP contribution in [0.25, 0.3) is 6.08 Å². The molecule has 2 aliphatic rings.